The highest BCUT2D eigenvalue weighted by Gasteiger charge is 2.04. The lowest BCUT2D eigenvalue weighted by Gasteiger charge is -2.03. The predicted octanol–water partition coefficient (Wildman–Crippen LogP) is 2.84. The summed E-state index contributed by atoms with van der Waals surface area (Å²) >= 11 is 2.24. The molecule has 96 valence electrons. The number of nitrogens with one attached hydrogen (secondary N) is 1. The van der Waals surface area contributed by atoms with Gasteiger partial charge in [0.15, 0.2) is 0 Å². The summed E-state index contributed by atoms with van der Waals surface area (Å²) in [5.74, 6) is -0.243. The third kappa shape index (κ3) is 3.85. The monoisotopic (exact) mass is 365 g/mol. The largest absolute Gasteiger partial charge is 0.271 e. The van der Waals surface area contributed by atoms with Crippen LogP contribution in [0, 0.1) is 3.57 Å². The van der Waals surface area contributed by atoms with Crippen LogP contribution >= 0.6 is 22.6 Å². The van der Waals surface area contributed by atoms with Gasteiger partial charge in [0.05, 0.1) is 5.71 Å². The van der Waals surface area contributed by atoms with Crippen molar-refractivity contribution in [1.29, 1.82) is 0 Å². The molecule has 0 bridgehead atoms. The maximum absolute atomic E-state index is 11.8. The molecule has 0 aliphatic carbocycles. The Balaban J connectivity index is 2.09. The number of nitrogens with zero attached hydrogens (tertiary/aromatic N) is 2. The first-order valence-corrected chi connectivity index (χ1v) is 6.75. The highest BCUT2D eigenvalue weighted by molar-refractivity contribution is 14.1. The van der Waals surface area contributed by atoms with Crippen molar-refractivity contribution in [3.05, 3.63) is 63.5 Å². The van der Waals surface area contributed by atoms with Crippen molar-refractivity contribution >= 4 is 34.2 Å². The minimum Gasteiger partial charge on any atom is -0.267 e. The molecule has 0 aliphatic rings. The van der Waals surface area contributed by atoms with Gasteiger partial charge in [-0.1, -0.05) is 12.1 Å². The summed E-state index contributed by atoms with van der Waals surface area (Å²) < 4.78 is 1.13. The summed E-state index contributed by atoms with van der Waals surface area (Å²) in [5, 5.41) is 4.11. The van der Waals surface area contributed by atoms with Crippen LogP contribution < -0.4 is 5.43 Å². The minimum atomic E-state index is -0.243. The molecule has 19 heavy (non-hydrogen) atoms. The number of halogens is 1. The molecule has 0 radical (unpaired) electrons. The van der Waals surface area contributed by atoms with Gasteiger partial charge in [0.25, 0.3) is 5.91 Å². The quantitative estimate of drug-likeness (QED) is 0.517. The second-order valence-electron chi connectivity index (χ2n) is 3.88. The first kappa shape index (κ1) is 13.7. The van der Waals surface area contributed by atoms with Crippen LogP contribution in [0.25, 0.3) is 0 Å². The molecule has 1 amide bonds. The summed E-state index contributed by atoms with van der Waals surface area (Å²) in [6.07, 6.45) is 3.15. The molecule has 1 N–H and O–H groups in total. The van der Waals surface area contributed by atoms with Crippen molar-refractivity contribution < 1.29 is 4.79 Å². The highest BCUT2D eigenvalue weighted by Crippen LogP contribution is 2.08. The molecule has 0 saturated heterocycles. The molecular weight excluding hydrogens is 353 g/mol. The zero-order valence-corrected chi connectivity index (χ0v) is 12.5. The molecule has 0 spiro atoms. The second-order valence-corrected chi connectivity index (χ2v) is 5.13. The van der Waals surface area contributed by atoms with Gasteiger partial charge in [0, 0.05) is 21.5 Å². The molecule has 4 nitrogen and oxygen atoms in total. The summed E-state index contributed by atoms with van der Waals surface area (Å²) in [7, 11) is 0. The SMILES string of the molecule is C/C(=N/NC(=O)c1ccncc1)c1cccc(I)c1. The van der Waals surface area contributed by atoms with Crippen LogP contribution in [0.15, 0.2) is 53.9 Å². The first-order valence-electron chi connectivity index (χ1n) is 5.67. The number of hydrogen-bond donors (Lipinski definition) is 1. The number of benzene rings is 1. The van der Waals surface area contributed by atoms with E-state index in [0.29, 0.717) is 5.56 Å². The lowest BCUT2D eigenvalue weighted by Crippen LogP contribution is -2.19. The molecule has 0 unspecified atom stereocenters. The van der Waals surface area contributed by atoms with Gasteiger partial charge in [-0.05, 0) is 59.3 Å². The Bertz CT molecular complexity index is 611. The third-order valence-electron chi connectivity index (χ3n) is 2.51. The topological polar surface area (TPSA) is 54.4 Å². The van der Waals surface area contributed by atoms with E-state index in [0.717, 1.165) is 14.8 Å². The van der Waals surface area contributed by atoms with Gasteiger partial charge >= 0.3 is 0 Å². The third-order valence-corrected chi connectivity index (χ3v) is 3.18. The lowest BCUT2D eigenvalue weighted by molar-refractivity contribution is 0.0954. The van der Waals surface area contributed by atoms with E-state index in [2.05, 4.69) is 38.1 Å². The molecule has 5 heteroatoms. The Labute approximate surface area is 125 Å². The summed E-state index contributed by atoms with van der Waals surface area (Å²) in [6.45, 7) is 1.86. The van der Waals surface area contributed by atoms with Crippen molar-refractivity contribution in [2.75, 3.05) is 0 Å². The summed E-state index contributed by atoms with van der Waals surface area (Å²) in [4.78, 5) is 15.7. The van der Waals surface area contributed by atoms with Crippen LogP contribution in [0.2, 0.25) is 0 Å². The Morgan fingerprint density at radius 1 is 1.21 bits per heavy atom. The van der Waals surface area contributed by atoms with Gasteiger partial charge in [-0.2, -0.15) is 5.10 Å². The smallest absolute Gasteiger partial charge is 0.267 e. The van der Waals surface area contributed by atoms with E-state index in [-0.39, 0.29) is 5.91 Å². The van der Waals surface area contributed by atoms with Crippen LogP contribution in [0.1, 0.15) is 22.8 Å². The van der Waals surface area contributed by atoms with Crippen molar-refractivity contribution in [2.24, 2.45) is 5.10 Å². The molecule has 1 heterocycles. The van der Waals surface area contributed by atoms with E-state index < -0.39 is 0 Å². The van der Waals surface area contributed by atoms with Gasteiger partial charge in [-0.3, -0.25) is 9.78 Å². The predicted molar refractivity (Wildman–Crippen MR) is 83.1 cm³/mol. The Kier molecular flexibility index (Phi) is 4.62. The zero-order valence-electron chi connectivity index (χ0n) is 10.3. The van der Waals surface area contributed by atoms with E-state index in [1.807, 2.05) is 31.2 Å². The van der Waals surface area contributed by atoms with E-state index in [1.165, 1.54) is 0 Å². The zero-order chi connectivity index (χ0) is 13.7. The fraction of sp³-hybridized carbons (Fsp3) is 0.0714. The molecule has 2 rings (SSSR count). The molecule has 2 aromatic rings. The van der Waals surface area contributed by atoms with Gasteiger partial charge in [-0.25, -0.2) is 5.43 Å². The molecule has 0 aliphatic heterocycles. The average Bonchev–Trinajstić information content (AvgIpc) is 2.45. The maximum atomic E-state index is 11.8. The second kappa shape index (κ2) is 6.42. The van der Waals surface area contributed by atoms with E-state index >= 15 is 0 Å². The van der Waals surface area contributed by atoms with Crippen LogP contribution in [0.5, 0.6) is 0 Å². The van der Waals surface area contributed by atoms with E-state index in [1.54, 1.807) is 24.5 Å². The molecule has 0 atom stereocenters. The standard InChI is InChI=1S/C14H12IN3O/c1-10(12-3-2-4-13(15)9-12)17-18-14(19)11-5-7-16-8-6-11/h2-9H,1H3,(H,18,19)/b17-10-. The van der Waals surface area contributed by atoms with Crippen LogP contribution in [0.3, 0.4) is 0 Å². The average molecular weight is 365 g/mol. The van der Waals surface area contributed by atoms with Gasteiger partial charge in [0.1, 0.15) is 0 Å². The number of carbonyl (C=O) groups is 1. The molecular formula is C14H12IN3O. The Morgan fingerprint density at radius 2 is 1.95 bits per heavy atom. The normalized spacial score (nSPS) is 11.2. The van der Waals surface area contributed by atoms with Gasteiger partial charge < -0.3 is 0 Å². The molecule has 0 saturated carbocycles. The fourth-order valence-electron chi connectivity index (χ4n) is 1.48. The number of aromatic nitrogens is 1. The fourth-order valence-corrected chi connectivity index (χ4v) is 2.02. The van der Waals surface area contributed by atoms with Crippen LogP contribution in [-0.4, -0.2) is 16.6 Å². The van der Waals surface area contributed by atoms with Crippen molar-refractivity contribution in [2.45, 2.75) is 6.92 Å². The number of hydrogen-bond acceptors (Lipinski definition) is 3. The van der Waals surface area contributed by atoms with Crippen molar-refractivity contribution in [1.82, 2.24) is 10.4 Å². The Hall–Kier alpha value is -1.76. The number of amides is 1. The maximum Gasteiger partial charge on any atom is 0.271 e. The lowest BCUT2D eigenvalue weighted by atomic mass is 10.1. The molecule has 1 aromatic heterocycles. The minimum absolute atomic E-state index is 0.243. The summed E-state index contributed by atoms with van der Waals surface area (Å²) in [5.41, 5.74) is 4.82. The van der Waals surface area contributed by atoms with Crippen molar-refractivity contribution in [3.63, 3.8) is 0 Å². The number of hydrazone groups is 1. The number of carbonyl (C=O) groups excluding carboxylic acids is 1. The molecule has 0 fully saturated rings. The van der Waals surface area contributed by atoms with Gasteiger partial charge in [-0.15, -0.1) is 0 Å². The van der Waals surface area contributed by atoms with E-state index in [9.17, 15) is 4.79 Å². The number of rotatable bonds is 3. The highest BCUT2D eigenvalue weighted by atomic mass is 127. The summed E-state index contributed by atoms with van der Waals surface area (Å²) in [6, 6.07) is 11.2. The van der Waals surface area contributed by atoms with Crippen LogP contribution in [0.4, 0.5) is 0 Å². The van der Waals surface area contributed by atoms with Crippen LogP contribution in [-0.2, 0) is 0 Å². The van der Waals surface area contributed by atoms with Crippen molar-refractivity contribution in [3.8, 4) is 0 Å². The van der Waals surface area contributed by atoms with Gasteiger partial charge in [0.2, 0.25) is 0 Å². The molecule has 1 aromatic carbocycles. The van der Waals surface area contributed by atoms with E-state index in [4.69, 9.17) is 0 Å². The number of pyridine rings is 1. The first-order chi connectivity index (χ1) is 9.16. The Morgan fingerprint density at radius 3 is 2.63 bits per heavy atom.